The standard InChI is InChI=1S/C18H23N3O7/c1-10(17(27)21-13(9-22)8-16(25)26)19-18(28)15(20-11(2)23)7-12-3-5-14(24)6-4-12/h3-6,9-10,13,15,24H,7-8H2,1-2H3,(H,19,28)(H,20,23)(H,21,27)(H,25,26)/t10-,13-,15-/m0/s1. The number of phenolic OH excluding ortho intramolecular Hbond substituents is 1. The number of hydrogen-bond acceptors (Lipinski definition) is 6. The molecule has 0 bridgehead atoms. The first-order valence-corrected chi connectivity index (χ1v) is 8.45. The van der Waals surface area contributed by atoms with Crippen molar-refractivity contribution in [3.63, 3.8) is 0 Å². The Balaban J connectivity index is 2.75. The molecule has 0 fully saturated rings. The Hall–Kier alpha value is -3.43. The first-order valence-electron chi connectivity index (χ1n) is 8.45. The summed E-state index contributed by atoms with van der Waals surface area (Å²) >= 11 is 0. The van der Waals surface area contributed by atoms with E-state index in [1.54, 1.807) is 12.1 Å². The van der Waals surface area contributed by atoms with Gasteiger partial charge in [0.15, 0.2) is 0 Å². The average molecular weight is 393 g/mol. The zero-order chi connectivity index (χ0) is 21.3. The molecule has 0 unspecified atom stereocenters. The summed E-state index contributed by atoms with van der Waals surface area (Å²) < 4.78 is 0. The van der Waals surface area contributed by atoms with Gasteiger partial charge in [0.05, 0.1) is 12.5 Å². The Morgan fingerprint density at radius 2 is 1.64 bits per heavy atom. The van der Waals surface area contributed by atoms with Crippen molar-refractivity contribution >= 4 is 30.0 Å². The van der Waals surface area contributed by atoms with Crippen molar-refractivity contribution in [2.75, 3.05) is 0 Å². The third kappa shape index (κ3) is 7.85. The third-order valence-corrected chi connectivity index (χ3v) is 3.71. The van der Waals surface area contributed by atoms with Crippen LogP contribution in [0.3, 0.4) is 0 Å². The molecule has 1 rings (SSSR count). The van der Waals surface area contributed by atoms with Crippen molar-refractivity contribution in [2.24, 2.45) is 0 Å². The number of benzene rings is 1. The van der Waals surface area contributed by atoms with E-state index in [1.807, 2.05) is 0 Å². The zero-order valence-electron chi connectivity index (χ0n) is 15.5. The lowest BCUT2D eigenvalue weighted by molar-refractivity contribution is -0.139. The van der Waals surface area contributed by atoms with E-state index >= 15 is 0 Å². The minimum Gasteiger partial charge on any atom is -0.508 e. The molecule has 5 N–H and O–H groups in total. The number of aliphatic carboxylic acids is 1. The molecule has 0 saturated carbocycles. The minimum absolute atomic E-state index is 0.0562. The molecule has 0 saturated heterocycles. The van der Waals surface area contributed by atoms with Gasteiger partial charge < -0.3 is 31.0 Å². The number of carbonyl (C=O) groups is 5. The van der Waals surface area contributed by atoms with Crippen LogP contribution in [0.2, 0.25) is 0 Å². The fourth-order valence-corrected chi connectivity index (χ4v) is 2.33. The highest BCUT2D eigenvalue weighted by Gasteiger charge is 2.25. The molecule has 0 aromatic heterocycles. The molecule has 0 aliphatic heterocycles. The molecular weight excluding hydrogens is 370 g/mol. The highest BCUT2D eigenvalue weighted by molar-refractivity contribution is 5.92. The van der Waals surface area contributed by atoms with E-state index in [2.05, 4.69) is 16.0 Å². The van der Waals surface area contributed by atoms with Crippen molar-refractivity contribution in [1.82, 2.24) is 16.0 Å². The molecule has 0 aliphatic carbocycles. The Bertz CT molecular complexity index is 733. The summed E-state index contributed by atoms with van der Waals surface area (Å²) in [6.07, 6.45) is -0.160. The first-order chi connectivity index (χ1) is 13.1. The minimum atomic E-state index is -1.26. The number of phenols is 1. The summed E-state index contributed by atoms with van der Waals surface area (Å²) in [6.45, 7) is 2.61. The van der Waals surface area contributed by atoms with Crippen LogP contribution in [0.4, 0.5) is 0 Å². The molecule has 0 spiro atoms. The lowest BCUT2D eigenvalue weighted by Gasteiger charge is -2.21. The molecule has 28 heavy (non-hydrogen) atoms. The summed E-state index contributed by atoms with van der Waals surface area (Å²) in [5.74, 6) is -3.02. The van der Waals surface area contributed by atoms with Crippen LogP contribution in [0.1, 0.15) is 25.8 Å². The van der Waals surface area contributed by atoms with Gasteiger partial charge in [-0.25, -0.2) is 0 Å². The van der Waals surface area contributed by atoms with Crippen LogP contribution in [0.15, 0.2) is 24.3 Å². The van der Waals surface area contributed by atoms with Crippen molar-refractivity contribution in [3.8, 4) is 5.75 Å². The lowest BCUT2D eigenvalue weighted by atomic mass is 10.0. The Morgan fingerprint density at radius 1 is 1.04 bits per heavy atom. The largest absolute Gasteiger partial charge is 0.508 e. The molecule has 1 aromatic rings. The number of carbonyl (C=O) groups excluding carboxylic acids is 4. The summed E-state index contributed by atoms with van der Waals surface area (Å²) in [5, 5.41) is 25.1. The van der Waals surface area contributed by atoms with Crippen LogP contribution >= 0.6 is 0 Å². The number of rotatable bonds is 10. The Kier molecular flexibility index (Phi) is 8.60. The van der Waals surface area contributed by atoms with E-state index in [4.69, 9.17) is 5.11 Å². The van der Waals surface area contributed by atoms with Gasteiger partial charge in [0.2, 0.25) is 17.7 Å². The SMILES string of the molecule is CC(=O)N[C@@H](Cc1ccc(O)cc1)C(=O)N[C@@H](C)C(=O)N[C@H](C=O)CC(=O)O. The molecule has 152 valence electrons. The molecule has 1 aromatic carbocycles. The smallest absolute Gasteiger partial charge is 0.305 e. The maximum Gasteiger partial charge on any atom is 0.305 e. The highest BCUT2D eigenvalue weighted by atomic mass is 16.4. The van der Waals surface area contributed by atoms with E-state index in [-0.39, 0.29) is 12.2 Å². The quantitative estimate of drug-likeness (QED) is 0.322. The van der Waals surface area contributed by atoms with Gasteiger partial charge in [-0.15, -0.1) is 0 Å². The molecule has 10 heteroatoms. The van der Waals surface area contributed by atoms with Crippen LogP contribution in [-0.4, -0.2) is 58.3 Å². The highest BCUT2D eigenvalue weighted by Crippen LogP contribution is 2.11. The summed E-state index contributed by atoms with van der Waals surface area (Å²) in [7, 11) is 0. The number of aromatic hydroxyl groups is 1. The monoisotopic (exact) mass is 393 g/mol. The molecule has 3 atom stereocenters. The van der Waals surface area contributed by atoms with Gasteiger partial charge >= 0.3 is 5.97 Å². The van der Waals surface area contributed by atoms with Crippen molar-refractivity contribution < 1.29 is 34.2 Å². The van der Waals surface area contributed by atoms with E-state index in [0.29, 0.717) is 11.8 Å². The molecule has 0 aliphatic rings. The molecule has 3 amide bonds. The Morgan fingerprint density at radius 3 is 2.14 bits per heavy atom. The predicted molar refractivity (Wildman–Crippen MR) is 97.3 cm³/mol. The summed E-state index contributed by atoms with van der Waals surface area (Å²) in [4.78, 5) is 57.5. The van der Waals surface area contributed by atoms with Crippen LogP contribution < -0.4 is 16.0 Å². The molecule has 10 nitrogen and oxygen atoms in total. The van der Waals surface area contributed by atoms with Crippen LogP contribution in [0, 0.1) is 0 Å². The van der Waals surface area contributed by atoms with Gasteiger partial charge in [0.25, 0.3) is 0 Å². The van der Waals surface area contributed by atoms with Crippen LogP contribution in [-0.2, 0) is 30.4 Å². The first kappa shape index (κ1) is 22.6. The van der Waals surface area contributed by atoms with Gasteiger partial charge in [-0.1, -0.05) is 12.1 Å². The second kappa shape index (κ2) is 10.7. The predicted octanol–water partition coefficient (Wildman–Crippen LogP) is -0.897. The number of aldehydes is 1. The number of carboxylic acid groups (broad SMARTS) is 1. The van der Waals surface area contributed by atoms with E-state index in [9.17, 15) is 29.1 Å². The molecule has 0 radical (unpaired) electrons. The number of nitrogens with one attached hydrogen (secondary N) is 3. The van der Waals surface area contributed by atoms with Gasteiger partial charge in [0, 0.05) is 13.3 Å². The second-order valence-electron chi connectivity index (χ2n) is 6.20. The Labute approximate surface area is 161 Å². The van der Waals surface area contributed by atoms with Gasteiger partial charge in [0.1, 0.15) is 24.1 Å². The van der Waals surface area contributed by atoms with Gasteiger partial charge in [-0.2, -0.15) is 0 Å². The maximum absolute atomic E-state index is 12.5. The third-order valence-electron chi connectivity index (χ3n) is 3.71. The molecule has 0 heterocycles. The van der Waals surface area contributed by atoms with Crippen LogP contribution in [0.25, 0.3) is 0 Å². The average Bonchev–Trinajstić information content (AvgIpc) is 2.61. The maximum atomic E-state index is 12.5. The van der Waals surface area contributed by atoms with Gasteiger partial charge in [-0.3, -0.25) is 19.2 Å². The fraction of sp³-hybridized carbons (Fsp3) is 0.389. The van der Waals surface area contributed by atoms with Crippen molar-refractivity contribution in [3.05, 3.63) is 29.8 Å². The summed E-state index contributed by atoms with van der Waals surface area (Å²) in [6, 6.07) is 2.81. The lowest BCUT2D eigenvalue weighted by Crippen LogP contribution is -2.54. The van der Waals surface area contributed by atoms with Crippen molar-refractivity contribution in [1.29, 1.82) is 0 Å². The van der Waals surface area contributed by atoms with Crippen molar-refractivity contribution in [2.45, 2.75) is 44.8 Å². The second-order valence-corrected chi connectivity index (χ2v) is 6.20. The molecular formula is C18H23N3O7. The fourth-order valence-electron chi connectivity index (χ4n) is 2.33. The van der Waals surface area contributed by atoms with E-state index in [0.717, 1.165) is 0 Å². The summed E-state index contributed by atoms with van der Waals surface area (Å²) in [5.41, 5.74) is 0.672. The normalized spacial score (nSPS) is 13.5. The van der Waals surface area contributed by atoms with Crippen LogP contribution in [0.5, 0.6) is 5.75 Å². The topological polar surface area (TPSA) is 162 Å². The van der Waals surface area contributed by atoms with Gasteiger partial charge in [-0.05, 0) is 24.6 Å². The number of hydrogen-bond donors (Lipinski definition) is 5. The van der Waals surface area contributed by atoms with E-state index < -0.39 is 48.2 Å². The number of carboxylic acids is 1. The zero-order valence-corrected chi connectivity index (χ0v) is 15.5. The van der Waals surface area contributed by atoms with E-state index in [1.165, 1.54) is 26.0 Å². The number of amides is 3.